The summed E-state index contributed by atoms with van der Waals surface area (Å²) in [6, 6.07) is 4.09. The van der Waals surface area contributed by atoms with Crippen molar-refractivity contribution in [2.75, 3.05) is 13.1 Å². The quantitative estimate of drug-likeness (QED) is 0.847. The van der Waals surface area contributed by atoms with Gasteiger partial charge in [-0.25, -0.2) is 0 Å². The van der Waals surface area contributed by atoms with Crippen LogP contribution < -0.4 is 0 Å². The molecule has 5 heteroatoms. The van der Waals surface area contributed by atoms with E-state index in [0.717, 1.165) is 42.9 Å². The highest BCUT2D eigenvalue weighted by Crippen LogP contribution is 2.22. The molecule has 5 nitrogen and oxygen atoms in total. The first kappa shape index (κ1) is 16.7. The minimum absolute atomic E-state index is 0.242. The van der Waals surface area contributed by atoms with E-state index in [2.05, 4.69) is 16.2 Å². The van der Waals surface area contributed by atoms with Gasteiger partial charge in [0.2, 0.25) is 5.91 Å². The molecule has 24 heavy (non-hydrogen) atoms. The molecule has 2 aromatic heterocycles. The maximum absolute atomic E-state index is 12.6. The molecule has 1 saturated heterocycles. The van der Waals surface area contributed by atoms with E-state index in [1.807, 2.05) is 31.0 Å². The molecule has 0 radical (unpaired) electrons. The molecule has 2 aromatic rings. The molecule has 3 rings (SSSR count). The Morgan fingerprint density at radius 1 is 1.42 bits per heavy atom. The van der Waals surface area contributed by atoms with Crippen LogP contribution in [0.5, 0.6) is 0 Å². The number of carbonyl (C=O) groups excluding carboxylic acids is 1. The summed E-state index contributed by atoms with van der Waals surface area (Å²) in [5, 5.41) is 3.96. The van der Waals surface area contributed by atoms with Gasteiger partial charge >= 0.3 is 0 Å². The number of pyridine rings is 1. The van der Waals surface area contributed by atoms with Gasteiger partial charge in [0.15, 0.2) is 0 Å². The highest BCUT2D eigenvalue weighted by atomic mass is 16.5. The van der Waals surface area contributed by atoms with E-state index in [-0.39, 0.29) is 5.91 Å². The van der Waals surface area contributed by atoms with Crippen molar-refractivity contribution in [2.24, 2.45) is 5.92 Å². The van der Waals surface area contributed by atoms with Gasteiger partial charge in [-0.15, -0.1) is 0 Å². The summed E-state index contributed by atoms with van der Waals surface area (Å²) in [6.07, 6.45) is 8.24. The Labute approximate surface area is 143 Å². The SMILES string of the molecule is Cc1noc(C)c1CCC(=O)N1CCCC(Cc2cccnc2)C1. The first-order chi connectivity index (χ1) is 11.6. The Morgan fingerprint density at radius 3 is 3.00 bits per heavy atom. The van der Waals surface area contributed by atoms with Crippen LogP contribution in [-0.2, 0) is 17.6 Å². The second-order valence-corrected chi connectivity index (χ2v) is 6.72. The molecule has 1 aliphatic rings. The molecule has 1 fully saturated rings. The van der Waals surface area contributed by atoms with Gasteiger partial charge in [0.05, 0.1) is 5.69 Å². The van der Waals surface area contributed by atoms with Gasteiger partial charge in [-0.3, -0.25) is 9.78 Å². The van der Waals surface area contributed by atoms with Gasteiger partial charge in [-0.05, 0) is 57.1 Å². The van der Waals surface area contributed by atoms with Gasteiger partial charge in [0.25, 0.3) is 0 Å². The summed E-state index contributed by atoms with van der Waals surface area (Å²) < 4.78 is 5.18. The molecule has 0 spiro atoms. The van der Waals surface area contributed by atoms with Crippen molar-refractivity contribution in [3.63, 3.8) is 0 Å². The predicted molar refractivity (Wildman–Crippen MR) is 91.5 cm³/mol. The molecule has 0 aliphatic carbocycles. The van der Waals surface area contributed by atoms with Crippen LogP contribution in [0.4, 0.5) is 0 Å². The Morgan fingerprint density at radius 2 is 2.29 bits per heavy atom. The fourth-order valence-electron chi connectivity index (χ4n) is 3.56. The first-order valence-electron chi connectivity index (χ1n) is 8.72. The molecular weight excluding hydrogens is 302 g/mol. The maximum Gasteiger partial charge on any atom is 0.222 e. The average molecular weight is 327 g/mol. The molecular formula is C19H25N3O2. The monoisotopic (exact) mass is 327 g/mol. The highest BCUT2D eigenvalue weighted by molar-refractivity contribution is 5.76. The number of carbonyl (C=O) groups is 1. The molecule has 1 amide bonds. The molecule has 3 heterocycles. The van der Waals surface area contributed by atoms with Crippen LogP contribution in [0.3, 0.4) is 0 Å². The van der Waals surface area contributed by atoms with Crippen LogP contribution in [0.1, 0.15) is 41.8 Å². The summed E-state index contributed by atoms with van der Waals surface area (Å²) in [6.45, 7) is 5.57. The van der Waals surface area contributed by atoms with E-state index >= 15 is 0 Å². The van der Waals surface area contributed by atoms with Crippen molar-refractivity contribution in [2.45, 2.75) is 46.0 Å². The second kappa shape index (κ2) is 7.60. The lowest BCUT2D eigenvalue weighted by Gasteiger charge is -2.33. The number of likely N-dealkylation sites (tertiary alicyclic amines) is 1. The number of hydrogen-bond acceptors (Lipinski definition) is 4. The third-order valence-electron chi connectivity index (χ3n) is 4.89. The van der Waals surface area contributed by atoms with Gasteiger partial charge in [-0.1, -0.05) is 11.2 Å². The average Bonchev–Trinajstić information content (AvgIpc) is 2.92. The van der Waals surface area contributed by atoms with E-state index < -0.39 is 0 Å². The van der Waals surface area contributed by atoms with Gasteiger partial charge in [0, 0.05) is 37.5 Å². The Hall–Kier alpha value is -2.17. The number of amides is 1. The normalized spacial score (nSPS) is 17.9. The molecule has 0 aromatic carbocycles. The fraction of sp³-hybridized carbons (Fsp3) is 0.526. The first-order valence-corrected chi connectivity index (χ1v) is 8.72. The summed E-state index contributed by atoms with van der Waals surface area (Å²) >= 11 is 0. The highest BCUT2D eigenvalue weighted by Gasteiger charge is 2.24. The van der Waals surface area contributed by atoms with Crippen molar-refractivity contribution in [3.8, 4) is 0 Å². The number of nitrogens with zero attached hydrogens (tertiary/aromatic N) is 3. The minimum Gasteiger partial charge on any atom is -0.361 e. The Bertz CT molecular complexity index is 662. The van der Waals surface area contributed by atoms with Crippen LogP contribution in [0.2, 0.25) is 0 Å². The maximum atomic E-state index is 12.6. The largest absolute Gasteiger partial charge is 0.361 e. The van der Waals surface area contributed by atoms with Crippen molar-refractivity contribution in [1.29, 1.82) is 0 Å². The van der Waals surface area contributed by atoms with E-state index in [1.54, 1.807) is 6.20 Å². The third kappa shape index (κ3) is 4.02. The predicted octanol–water partition coefficient (Wildman–Crippen LogP) is 3.10. The Kier molecular flexibility index (Phi) is 5.28. The molecule has 128 valence electrons. The summed E-state index contributed by atoms with van der Waals surface area (Å²) in [5.74, 6) is 1.60. The summed E-state index contributed by atoms with van der Waals surface area (Å²) in [4.78, 5) is 18.8. The van der Waals surface area contributed by atoms with Crippen LogP contribution in [0, 0.1) is 19.8 Å². The Balaban J connectivity index is 1.53. The zero-order chi connectivity index (χ0) is 16.9. The van der Waals surface area contributed by atoms with E-state index in [0.29, 0.717) is 18.8 Å². The number of aromatic nitrogens is 2. The van der Waals surface area contributed by atoms with Crippen molar-refractivity contribution in [3.05, 3.63) is 47.1 Å². The van der Waals surface area contributed by atoms with E-state index in [1.165, 1.54) is 12.0 Å². The van der Waals surface area contributed by atoms with Crippen molar-refractivity contribution < 1.29 is 9.32 Å². The van der Waals surface area contributed by atoms with Gasteiger partial charge in [-0.2, -0.15) is 0 Å². The van der Waals surface area contributed by atoms with E-state index in [4.69, 9.17) is 4.52 Å². The number of aryl methyl sites for hydroxylation is 2. The van der Waals surface area contributed by atoms with Gasteiger partial charge < -0.3 is 9.42 Å². The molecule has 0 N–H and O–H groups in total. The molecule has 1 atom stereocenters. The topological polar surface area (TPSA) is 59.2 Å². The lowest BCUT2D eigenvalue weighted by atomic mass is 9.91. The molecule has 1 aliphatic heterocycles. The zero-order valence-corrected chi connectivity index (χ0v) is 14.5. The summed E-state index contributed by atoms with van der Waals surface area (Å²) in [7, 11) is 0. The van der Waals surface area contributed by atoms with Crippen LogP contribution >= 0.6 is 0 Å². The number of hydrogen-bond donors (Lipinski definition) is 0. The third-order valence-corrected chi connectivity index (χ3v) is 4.89. The number of rotatable bonds is 5. The van der Waals surface area contributed by atoms with Crippen molar-refractivity contribution in [1.82, 2.24) is 15.0 Å². The second-order valence-electron chi connectivity index (χ2n) is 6.72. The smallest absolute Gasteiger partial charge is 0.222 e. The van der Waals surface area contributed by atoms with Crippen LogP contribution in [0.25, 0.3) is 0 Å². The number of piperidine rings is 1. The standard InChI is InChI=1S/C19H25N3O2/c1-14-18(15(2)24-21-14)7-8-19(23)22-10-4-6-17(13-22)11-16-5-3-9-20-12-16/h3,5,9,12,17H,4,6-8,10-11,13H2,1-2H3. The lowest BCUT2D eigenvalue weighted by molar-refractivity contribution is -0.132. The lowest BCUT2D eigenvalue weighted by Crippen LogP contribution is -2.40. The van der Waals surface area contributed by atoms with Crippen LogP contribution in [-0.4, -0.2) is 34.0 Å². The van der Waals surface area contributed by atoms with Crippen LogP contribution in [0.15, 0.2) is 29.0 Å². The zero-order valence-electron chi connectivity index (χ0n) is 14.5. The summed E-state index contributed by atoms with van der Waals surface area (Å²) in [5.41, 5.74) is 3.23. The van der Waals surface area contributed by atoms with Gasteiger partial charge in [0.1, 0.15) is 5.76 Å². The molecule has 0 bridgehead atoms. The molecule has 1 unspecified atom stereocenters. The fourth-order valence-corrected chi connectivity index (χ4v) is 3.56. The van der Waals surface area contributed by atoms with Crippen molar-refractivity contribution >= 4 is 5.91 Å². The minimum atomic E-state index is 0.242. The molecule has 0 saturated carbocycles. The van der Waals surface area contributed by atoms with E-state index in [9.17, 15) is 4.79 Å².